The van der Waals surface area contributed by atoms with Gasteiger partial charge in [-0.2, -0.15) is 0 Å². The highest BCUT2D eigenvalue weighted by molar-refractivity contribution is 6.18. The van der Waals surface area contributed by atoms with Crippen LogP contribution in [0.3, 0.4) is 0 Å². The number of benzene rings is 1. The molecule has 1 aromatic carbocycles. The normalized spacial score (nSPS) is 15.9. The molecule has 4 rings (SSSR count). The van der Waals surface area contributed by atoms with E-state index >= 15 is 0 Å². The van der Waals surface area contributed by atoms with Crippen LogP contribution in [0.4, 0.5) is 4.39 Å². The number of nitrogens with two attached hydrogens (primary N) is 2. The lowest BCUT2D eigenvalue weighted by Crippen LogP contribution is -2.28. The van der Waals surface area contributed by atoms with Crippen molar-refractivity contribution in [1.29, 1.82) is 0 Å². The van der Waals surface area contributed by atoms with Gasteiger partial charge in [-0.05, 0) is 42.7 Å². The molecule has 1 amide bonds. The Labute approximate surface area is 184 Å². The molecule has 0 saturated carbocycles. The minimum absolute atomic E-state index is 0.0841. The molecule has 2 aromatic heterocycles. The molecule has 0 spiro atoms. The fraction of sp³-hybridized carbons (Fsp3) is 0.292. The van der Waals surface area contributed by atoms with Gasteiger partial charge in [-0.15, -0.1) is 0 Å². The molecular weight excluding hydrogens is 411 g/mol. The number of halogens is 1. The second-order valence-corrected chi connectivity index (χ2v) is 7.95. The van der Waals surface area contributed by atoms with Crippen LogP contribution >= 0.6 is 0 Å². The summed E-state index contributed by atoms with van der Waals surface area (Å²) in [5.41, 5.74) is 13.4. The minimum Gasteiger partial charge on any atom is -0.493 e. The van der Waals surface area contributed by atoms with E-state index in [9.17, 15) is 14.0 Å². The second-order valence-electron chi connectivity index (χ2n) is 7.95. The Morgan fingerprint density at radius 1 is 1.34 bits per heavy atom. The van der Waals surface area contributed by atoms with Crippen molar-refractivity contribution in [1.82, 2.24) is 9.55 Å². The maximum absolute atomic E-state index is 13.7. The van der Waals surface area contributed by atoms with Crippen molar-refractivity contribution in [2.75, 3.05) is 6.61 Å². The summed E-state index contributed by atoms with van der Waals surface area (Å²) in [5, 5.41) is 0.681. The summed E-state index contributed by atoms with van der Waals surface area (Å²) >= 11 is 0. The van der Waals surface area contributed by atoms with Gasteiger partial charge >= 0.3 is 0 Å². The summed E-state index contributed by atoms with van der Waals surface area (Å²) in [6, 6.07) is 6.08. The smallest absolute Gasteiger partial charge is 0.252 e. The Kier molecular flexibility index (Phi) is 5.94. The van der Waals surface area contributed by atoms with Gasteiger partial charge in [-0.25, -0.2) is 4.39 Å². The number of Topliss-reactive ketones (excluding diaryl/α,β-unsaturated/α-hetero) is 1. The molecule has 0 radical (unpaired) electrons. The predicted octanol–water partition coefficient (Wildman–Crippen LogP) is 3.19. The molecule has 3 heterocycles. The van der Waals surface area contributed by atoms with E-state index in [4.69, 9.17) is 16.2 Å². The first-order valence-corrected chi connectivity index (χ1v) is 10.6. The Morgan fingerprint density at radius 2 is 2.16 bits per heavy atom. The van der Waals surface area contributed by atoms with E-state index < -0.39 is 11.8 Å². The summed E-state index contributed by atoms with van der Waals surface area (Å²) in [4.78, 5) is 29.5. The number of unbranched alkanes of at least 4 members (excludes halogenated alkanes) is 1. The third-order valence-corrected chi connectivity index (χ3v) is 5.79. The Morgan fingerprint density at radius 3 is 2.88 bits per heavy atom. The highest BCUT2D eigenvalue weighted by Gasteiger charge is 2.29. The van der Waals surface area contributed by atoms with E-state index in [0.717, 1.165) is 24.6 Å². The Bertz CT molecular complexity index is 1230. The van der Waals surface area contributed by atoms with Gasteiger partial charge in [-0.1, -0.05) is 13.3 Å². The monoisotopic (exact) mass is 436 g/mol. The zero-order valence-electron chi connectivity index (χ0n) is 17.8. The van der Waals surface area contributed by atoms with E-state index in [2.05, 4.69) is 11.9 Å². The number of primary amides is 1. The van der Waals surface area contributed by atoms with Crippen LogP contribution < -0.4 is 16.2 Å². The molecule has 8 heteroatoms. The maximum Gasteiger partial charge on any atom is 0.252 e. The third kappa shape index (κ3) is 3.95. The molecule has 0 saturated heterocycles. The molecular formula is C24H25FN4O3. The highest BCUT2D eigenvalue weighted by Crippen LogP contribution is 2.32. The molecule has 0 bridgehead atoms. The van der Waals surface area contributed by atoms with Crippen molar-refractivity contribution in [3.8, 4) is 5.75 Å². The first-order chi connectivity index (χ1) is 15.4. The first kappa shape index (κ1) is 21.5. The van der Waals surface area contributed by atoms with Crippen LogP contribution in [0.1, 0.15) is 41.4 Å². The topological polar surface area (TPSA) is 113 Å². The molecule has 32 heavy (non-hydrogen) atoms. The SMILES string of the molecule is CCCCn1cc(C(=O)C2COc3ccc(F)cc3C2)c2cnc(/C(=C/N)C(N)=O)cc21. The minimum atomic E-state index is -0.674. The fourth-order valence-corrected chi connectivity index (χ4v) is 4.09. The van der Waals surface area contributed by atoms with Gasteiger partial charge in [0, 0.05) is 36.1 Å². The predicted molar refractivity (Wildman–Crippen MR) is 119 cm³/mol. The number of amides is 1. The summed E-state index contributed by atoms with van der Waals surface area (Å²) < 4.78 is 21.4. The van der Waals surface area contributed by atoms with E-state index in [1.807, 2.05) is 10.8 Å². The van der Waals surface area contributed by atoms with Crippen LogP contribution in [0.5, 0.6) is 5.75 Å². The standard InChI is InChI=1S/C24H25FN4O3/c1-2-3-6-29-12-19(18-11-28-20(9-21(18)29)17(10-26)24(27)31)23(30)15-7-14-8-16(25)4-5-22(14)32-13-15/h4-5,8-12,15H,2-3,6-7,13,26H2,1H3,(H2,27,31)/b17-10-. The summed E-state index contributed by atoms with van der Waals surface area (Å²) in [7, 11) is 0. The van der Waals surface area contributed by atoms with Crippen LogP contribution in [0.15, 0.2) is 42.9 Å². The van der Waals surface area contributed by atoms with Gasteiger partial charge < -0.3 is 20.8 Å². The molecule has 4 N–H and O–H groups in total. The van der Waals surface area contributed by atoms with Crippen molar-refractivity contribution in [2.45, 2.75) is 32.7 Å². The maximum atomic E-state index is 13.7. The lowest BCUT2D eigenvalue weighted by molar-refractivity contribution is -0.112. The highest BCUT2D eigenvalue weighted by atomic mass is 19.1. The van der Waals surface area contributed by atoms with Gasteiger partial charge in [0.05, 0.1) is 29.3 Å². The first-order valence-electron chi connectivity index (χ1n) is 10.6. The van der Waals surface area contributed by atoms with E-state index in [-0.39, 0.29) is 23.8 Å². The number of aryl methyl sites for hydroxylation is 1. The number of ketones is 1. The molecule has 166 valence electrons. The second kappa shape index (κ2) is 8.82. The summed E-state index contributed by atoms with van der Waals surface area (Å²) in [6.07, 6.45) is 6.84. The number of rotatable bonds is 7. The fourth-order valence-electron chi connectivity index (χ4n) is 4.09. The van der Waals surface area contributed by atoms with Crippen molar-refractivity contribution < 1.29 is 18.7 Å². The van der Waals surface area contributed by atoms with Crippen LogP contribution in [0.2, 0.25) is 0 Å². The van der Waals surface area contributed by atoms with Crippen molar-refractivity contribution in [3.63, 3.8) is 0 Å². The van der Waals surface area contributed by atoms with Crippen LogP contribution in [0, 0.1) is 11.7 Å². The number of aromatic nitrogens is 2. The summed E-state index contributed by atoms with van der Waals surface area (Å²) in [6.45, 7) is 3.02. The number of ether oxygens (including phenoxy) is 1. The van der Waals surface area contributed by atoms with Crippen LogP contribution in [-0.4, -0.2) is 27.8 Å². The molecule has 1 aliphatic rings. The molecule has 7 nitrogen and oxygen atoms in total. The van der Waals surface area contributed by atoms with Crippen molar-refractivity contribution in [2.24, 2.45) is 17.4 Å². The van der Waals surface area contributed by atoms with Gasteiger partial charge in [0.2, 0.25) is 0 Å². The van der Waals surface area contributed by atoms with Gasteiger partial charge in [-0.3, -0.25) is 14.6 Å². The van der Waals surface area contributed by atoms with Crippen molar-refractivity contribution >= 4 is 28.2 Å². The van der Waals surface area contributed by atoms with E-state index in [0.29, 0.717) is 40.9 Å². The lowest BCUT2D eigenvalue weighted by atomic mass is 9.90. The van der Waals surface area contributed by atoms with Gasteiger partial charge in [0.15, 0.2) is 5.78 Å². The number of carbonyl (C=O) groups is 2. The third-order valence-electron chi connectivity index (χ3n) is 5.79. The average molecular weight is 436 g/mol. The molecule has 1 aliphatic heterocycles. The number of hydrogen-bond acceptors (Lipinski definition) is 5. The molecule has 0 aliphatic carbocycles. The summed E-state index contributed by atoms with van der Waals surface area (Å²) in [5.74, 6) is -0.933. The molecule has 1 atom stereocenters. The van der Waals surface area contributed by atoms with Crippen molar-refractivity contribution in [3.05, 3.63) is 65.5 Å². The quantitative estimate of drug-likeness (QED) is 0.436. The number of hydrogen-bond donors (Lipinski definition) is 2. The molecule has 1 unspecified atom stereocenters. The number of fused-ring (bicyclic) bond motifs is 2. The largest absolute Gasteiger partial charge is 0.493 e. The molecule has 3 aromatic rings. The Balaban J connectivity index is 1.73. The van der Waals surface area contributed by atoms with Gasteiger partial charge in [0.1, 0.15) is 11.6 Å². The average Bonchev–Trinajstić information content (AvgIpc) is 3.14. The van der Waals surface area contributed by atoms with Crippen LogP contribution in [-0.2, 0) is 17.8 Å². The number of nitrogens with zero attached hydrogens (tertiary/aromatic N) is 2. The van der Waals surface area contributed by atoms with E-state index in [1.54, 1.807) is 18.3 Å². The lowest BCUT2D eigenvalue weighted by Gasteiger charge is -2.24. The zero-order valence-corrected chi connectivity index (χ0v) is 17.8. The zero-order chi connectivity index (χ0) is 22.8. The Hall–Kier alpha value is -3.68. The number of carbonyl (C=O) groups excluding carboxylic acids is 2. The van der Waals surface area contributed by atoms with Gasteiger partial charge in [0.25, 0.3) is 5.91 Å². The molecule has 0 fully saturated rings. The van der Waals surface area contributed by atoms with Crippen LogP contribution in [0.25, 0.3) is 16.5 Å². The van der Waals surface area contributed by atoms with E-state index in [1.165, 1.54) is 12.1 Å². The number of pyridine rings is 1.